The highest BCUT2D eigenvalue weighted by atomic mass is 16.6. The number of anilines is 1. The van der Waals surface area contributed by atoms with Gasteiger partial charge >= 0.3 is 5.69 Å². The van der Waals surface area contributed by atoms with E-state index in [9.17, 15) is 24.8 Å². The molecule has 4 rings (SSSR count). The predicted molar refractivity (Wildman–Crippen MR) is 96.4 cm³/mol. The molecule has 0 unspecified atom stereocenters. The van der Waals surface area contributed by atoms with E-state index in [-0.39, 0.29) is 27.6 Å². The van der Waals surface area contributed by atoms with Gasteiger partial charge in [0.25, 0.3) is 11.8 Å². The van der Waals surface area contributed by atoms with Gasteiger partial charge in [0.1, 0.15) is 5.75 Å². The molecule has 8 heteroatoms. The number of benzene rings is 3. The van der Waals surface area contributed by atoms with Crippen molar-refractivity contribution in [3.63, 3.8) is 0 Å². The van der Waals surface area contributed by atoms with Crippen molar-refractivity contribution in [1.29, 1.82) is 0 Å². The van der Waals surface area contributed by atoms with E-state index in [1.54, 1.807) is 24.3 Å². The van der Waals surface area contributed by atoms with Gasteiger partial charge in [-0.3, -0.25) is 19.7 Å². The maximum absolute atomic E-state index is 13.1. The maximum Gasteiger partial charge on any atom is 0.318 e. The van der Waals surface area contributed by atoms with Gasteiger partial charge in [-0.2, -0.15) is 0 Å². The number of methoxy groups -OCH3 is 1. The molecule has 0 radical (unpaired) electrons. The van der Waals surface area contributed by atoms with Crippen LogP contribution < -0.4 is 9.64 Å². The third kappa shape index (κ3) is 2.23. The number of amides is 2. The van der Waals surface area contributed by atoms with Crippen LogP contribution in [0.1, 0.15) is 20.7 Å². The minimum absolute atomic E-state index is 0.00852. The predicted octanol–water partition coefficient (Wildman–Crippen LogP) is 3.26. The maximum atomic E-state index is 13.1. The zero-order chi connectivity index (χ0) is 19.3. The summed E-state index contributed by atoms with van der Waals surface area (Å²) in [4.78, 5) is 37.7. The van der Waals surface area contributed by atoms with Crippen molar-refractivity contribution in [2.24, 2.45) is 0 Å². The van der Waals surface area contributed by atoms with Gasteiger partial charge in [0.2, 0.25) is 0 Å². The number of nitrogens with zero attached hydrogens (tertiary/aromatic N) is 2. The molecular formula is C19H12N2O6. The first-order valence-corrected chi connectivity index (χ1v) is 7.90. The average molecular weight is 364 g/mol. The van der Waals surface area contributed by atoms with E-state index in [0.29, 0.717) is 5.75 Å². The third-order valence-corrected chi connectivity index (χ3v) is 4.49. The number of imide groups is 1. The van der Waals surface area contributed by atoms with Gasteiger partial charge in [-0.1, -0.05) is 18.2 Å². The fourth-order valence-corrected chi connectivity index (χ4v) is 3.36. The molecule has 134 valence electrons. The van der Waals surface area contributed by atoms with E-state index in [1.807, 2.05) is 0 Å². The van der Waals surface area contributed by atoms with Gasteiger partial charge in [-0.25, -0.2) is 4.90 Å². The minimum Gasteiger partial charge on any atom is -0.502 e. The van der Waals surface area contributed by atoms with E-state index in [4.69, 9.17) is 4.74 Å². The molecule has 3 aromatic rings. The SMILES string of the molecule is COc1ccccc1N1C(=O)c2cccc3c([N+](=O)[O-])c(O)cc(c23)C1=O. The molecule has 1 N–H and O–H groups in total. The zero-order valence-corrected chi connectivity index (χ0v) is 14.0. The lowest BCUT2D eigenvalue weighted by atomic mass is 9.92. The summed E-state index contributed by atoms with van der Waals surface area (Å²) in [5.41, 5.74) is -0.150. The zero-order valence-electron chi connectivity index (χ0n) is 14.0. The molecule has 0 atom stereocenters. The minimum atomic E-state index is -0.736. The van der Waals surface area contributed by atoms with Gasteiger partial charge in [0, 0.05) is 17.0 Å². The number of ether oxygens (including phenoxy) is 1. The van der Waals surface area contributed by atoms with Crippen LogP contribution in [-0.4, -0.2) is 29.0 Å². The van der Waals surface area contributed by atoms with Crippen molar-refractivity contribution in [3.05, 3.63) is 69.8 Å². The number of para-hydroxylation sites is 2. The van der Waals surface area contributed by atoms with Crippen LogP contribution in [0.5, 0.6) is 11.5 Å². The Hall–Kier alpha value is -3.94. The summed E-state index contributed by atoms with van der Waals surface area (Å²) in [6.45, 7) is 0. The number of carbonyl (C=O) groups is 2. The number of phenols is 1. The van der Waals surface area contributed by atoms with Crippen LogP contribution in [0.3, 0.4) is 0 Å². The van der Waals surface area contributed by atoms with Crippen molar-refractivity contribution < 1.29 is 24.4 Å². The van der Waals surface area contributed by atoms with Crippen molar-refractivity contribution in [1.82, 2.24) is 0 Å². The molecule has 0 spiro atoms. The number of hydrogen-bond acceptors (Lipinski definition) is 6. The van der Waals surface area contributed by atoms with Gasteiger partial charge in [0.15, 0.2) is 5.75 Å². The van der Waals surface area contributed by atoms with E-state index in [0.717, 1.165) is 11.0 Å². The Bertz CT molecular complexity index is 1150. The monoisotopic (exact) mass is 364 g/mol. The Morgan fingerprint density at radius 2 is 1.74 bits per heavy atom. The summed E-state index contributed by atoms with van der Waals surface area (Å²) < 4.78 is 5.25. The molecule has 1 aliphatic rings. The first kappa shape index (κ1) is 16.5. The van der Waals surface area contributed by atoms with E-state index in [2.05, 4.69) is 0 Å². The Kier molecular flexibility index (Phi) is 3.55. The molecule has 0 saturated heterocycles. The number of rotatable bonds is 3. The first-order chi connectivity index (χ1) is 13.0. The molecule has 0 aromatic heterocycles. The van der Waals surface area contributed by atoms with Crippen molar-refractivity contribution in [2.45, 2.75) is 0 Å². The number of nitro benzene ring substituents is 1. The molecule has 27 heavy (non-hydrogen) atoms. The molecular weight excluding hydrogens is 352 g/mol. The Morgan fingerprint density at radius 1 is 1.04 bits per heavy atom. The van der Waals surface area contributed by atoms with E-state index < -0.39 is 28.2 Å². The van der Waals surface area contributed by atoms with E-state index >= 15 is 0 Å². The molecule has 0 bridgehead atoms. The lowest BCUT2D eigenvalue weighted by Gasteiger charge is -2.28. The van der Waals surface area contributed by atoms with Gasteiger partial charge in [-0.15, -0.1) is 0 Å². The van der Waals surface area contributed by atoms with Gasteiger partial charge in [0.05, 0.1) is 28.7 Å². The highest BCUT2D eigenvalue weighted by Crippen LogP contribution is 2.42. The second kappa shape index (κ2) is 5.80. The summed E-state index contributed by atoms with van der Waals surface area (Å²) in [5, 5.41) is 21.7. The van der Waals surface area contributed by atoms with Crippen molar-refractivity contribution >= 4 is 34.0 Å². The summed E-state index contributed by atoms with van der Waals surface area (Å²) in [5.74, 6) is -1.63. The number of nitro groups is 1. The molecule has 0 fully saturated rings. The molecule has 1 aliphatic heterocycles. The summed E-state index contributed by atoms with van der Waals surface area (Å²) in [7, 11) is 1.42. The Labute approximate surface area is 152 Å². The largest absolute Gasteiger partial charge is 0.502 e. The second-order valence-electron chi connectivity index (χ2n) is 5.89. The van der Waals surface area contributed by atoms with Crippen LogP contribution in [0.4, 0.5) is 11.4 Å². The van der Waals surface area contributed by atoms with Gasteiger partial charge in [-0.05, 0) is 24.3 Å². The van der Waals surface area contributed by atoms with Crippen molar-refractivity contribution in [2.75, 3.05) is 12.0 Å². The fourth-order valence-electron chi connectivity index (χ4n) is 3.36. The number of carbonyl (C=O) groups excluding carboxylic acids is 2. The second-order valence-corrected chi connectivity index (χ2v) is 5.89. The quantitative estimate of drug-likeness (QED) is 0.434. The molecule has 1 heterocycles. The highest BCUT2D eigenvalue weighted by molar-refractivity contribution is 6.36. The number of phenolic OH excluding ortho intramolecular Hbond substituents is 1. The van der Waals surface area contributed by atoms with Crippen LogP contribution in [0.15, 0.2) is 48.5 Å². The molecule has 2 amide bonds. The normalized spacial score (nSPS) is 13.1. The smallest absolute Gasteiger partial charge is 0.318 e. The van der Waals surface area contributed by atoms with Crippen LogP contribution in [0.25, 0.3) is 10.8 Å². The van der Waals surface area contributed by atoms with E-state index in [1.165, 1.54) is 25.3 Å². The molecule has 0 saturated carbocycles. The highest BCUT2D eigenvalue weighted by Gasteiger charge is 2.38. The van der Waals surface area contributed by atoms with Crippen LogP contribution >= 0.6 is 0 Å². The number of hydrogen-bond donors (Lipinski definition) is 1. The molecule has 0 aliphatic carbocycles. The lowest BCUT2D eigenvalue weighted by Crippen LogP contribution is -2.40. The van der Waals surface area contributed by atoms with Crippen LogP contribution in [-0.2, 0) is 0 Å². The summed E-state index contributed by atoms with van der Waals surface area (Å²) >= 11 is 0. The average Bonchev–Trinajstić information content (AvgIpc) is 2.65. The van der Waals surface area contributed by atoms with Crippen molar-refractivity contribution in [3.8, 4) is 11.5 Å². The van der Waals surface area contributed by atoms with Gasteiger partial charge < -0.3 is 9.84 Å². The molecule has 8 nitrogen and oxygen atoms in total. The fraction of sp³-hybridized carbons (Fsp3) is 0.0526. The topological polar surface area (TPSA) is 110 Å². The lowest BCUT2D eigenvalue weighted by molar-refractivity contribution is -0.384. The third-order valence-electron chi connectivity index (χ3n) is 4.49. The molecule has 3 aromatic carbocycles. The van der Waals surface area contributed by atoms with Crippen LogP contribution in [0, 0.1) is 10.1 Å². The summed E-state index contributed by atoms with van der Waals surface area (Å²) in [6, 6.07) is 11.9. The standard InChI is InChI=1S/C19H12N2O6/c1-27-15-8-3-2-7-13(15)20-18(23)11-6-4-5-10-16(11)12(19(20)24)9-14(22)17(10)21(25)26/h2-9,22H,1H3. The Morgan fingerprint density at radius 3 is 2.44 bits per heavy atom. The Balaban J connectivity index is 2.05. The number of aromatic hydroxyl groups is 1. The summed E-state index contributed by atoms with van der Waals surface area (Å²) in [6.07, 6.45) is 0. The van der Waals surface area contributed by atoms with Crippen LogP contribution in [0.2, 0.25) is 0 Å². The first-order valence-electron chi connectivity index (χ1n) is 7.90.